The number of halogens is 3. The molecule has 0 aliphatic heterocycles. The third-order valence-electron chi connectivity index (χ3n) is 4.57. The number of aromatic nitrogens is 1. The summed E-state index contributed by atoms with van der Waals surface area (Å²) in [5.41, 5.74) is 0.908. The van der Waals surface area contributed by atoms with E-state index in [1.54, 1.807) is 60.7 Å². The van der Waals surface area contributed by atoms with Crippen molar-refractivity contribution in [1.29, 1.82) is 0 Å². The van der Waals surface area contributed by atoms with Gasteiger partial charge in [-0.25, -0.2) is 9.18 Å². The molecule has 1 aromatic heterocycles. The molecule has 0 fully saturated rings. The molecule has 4 rings (SSSR count). The van der Waals surface area contributed by atoms with Crippen LogP contribution >= 0.6 is 23.2 Å². The van der Waals surface area contributed by atoms with Gasteiger partial charge >= 0.3 is 5.97 Å². The maximum atomic E-state index is 13.7. The van der Waals surface area contributed by atoms with Crippen molar-refractivity contribution in [3.05, 3.63) is 94.4 Å². The van der Waals surface area contributed by atoms with Crippen molar-refractivity contribution >= 4 is 45.8 Å². The molecule has 0 spiro atoms. The van der Waals surface area contributed by atoms with Gasteiger partial charge in [-0.15, -0.1) is 0 Å². The largest absolute Gasteiger partial charge is 0.488 e. The van der Waals surface area contributed by atoms with Crippen molar-refractivity contribution in [3.63, 3.8) is 0 Å². The zero-order valence-electron chi connectivity index (χ0n) is 16.6. The van der Waals surface area contributed by atoms with Gasteiger partial charge in [-0.1, -0.05) is 53.5 Å². The number of ether oxygens (including phenoxy) is 2. The monoisotopic (exact) mass is 470 g/mol. The van der Waals surface area contributed by atoms with Crippen LogP contribution in [0.2, 0.25) is 10.0 Å². The summed E-state index contributed by atoms with van der Waals surface area (Å²) in [6, 6.07) is 18.1. The number of carbonyl (C=O) groups is 1. The Morgan fingerprint density at radius 2 is 1.75 bits per heavy atom. The number of rotatable bonds is 7. The standard InChI is InChI=1S/C24H17Cl2FN2O3/c25-16-13-15-9-10-17(26)22(23(15)29-14-16)24(30)32-21-8-4-3-7-20(21)31-12-11-28-19-6-2-1-5-18(19)27/h1-10,13-14,28H,11-12H2. The molecule has 0 aliphatic rings. The second-order valence-electron chi connectivity index (χ2n) is 6.74. The van der Waals surface area contributed by atoms with Crippen molar-refractivity contribution in [1.82, 2.24) is 4.98 Å². The van der Waals surface area contributed by atoms with Crippen LogP contribution in [0.25, 0.3) is 10.9 Å². The molecular weight excluding hydrogens is 454 g/mol. The minimum atomic E-state index is -0.670. The number of para-hydroxylation sites is 3. The van der Waals surface area contributed by atoms with Crippen LogP contribution in [0.4, 0.5) is 10.1 Å². The molecule has 0 unspecified atom stereocenters. The maximum absolute atomic E-state index is 13.7. The van der Waals surface area contributed by atoms with Crippen molar-refractivity contribution in [2.24, 2.45) is 0 Å². The summed E-state index contributed by atoms with van der Waals surface area (Å²) in [6.07, 6.45) is 1.44. The van der Waals surface area contributed by atoms with Crippen LogP contribution in [-0.2, 0) is 0 Å². The normalized spacial score (nSPS) is 10.7. The fourth-order valence-electron chi connectivity index (χ4n) is 3.10. The summed E-state index contributed by atoms with van der Waals surface area (Å²) in [5.74, 6) is -0.423. The molecule has 32 heavy (non-hydrogen) atoms. The van der Waals surface area contributed by atoms with Gasteiger partial charge in [0.25, 0.3) is 0 Å². The number of benzene rings is 3. The zero-order chi connectivity index (χ0) is 22.5. The molecular formula is C24H17Cl2FN2O3. The summed E-state index contributed by atoms with van der Waals surface area (Å²) in [5, 5.41) is 4.28. The summed E-state index contributed by atoms with van der Waals surface area (Å²) in [6.45, 7) is 0.570. The topological polar surface area (TPSA) is 60.5 Å². The number of hydrogen-bond acceptors (Lipinski definition) is 5. The summed E-state index contributed by atoms with van der Waals surface area (Å²) < 4.78 is 25.0. The molecule has 4 aromatic rings. The molecule has 1 heterocycles. The number of nitrogens with zero attached hydrogens (tertiary/aromatic N) is 1. The predicted octanol–water partition coefficient (Wildman–Crippen LogP) is 6.39. The number of pyridine rings is 1. The molecule has 0 amide bonds. The number of esters is 1. The van der Waals surface area contributed by atoms with Crippen LogP contribution in [-0.4, -0.2) is 24.1 Å². The van der Waals surface area contributed by atoms with Crippen molar-refractivity contribution in [2.75, 3.05) is 18.5 Å². The van der Waals surface area contributed by atoms with E-state index in [1.165, 1.54) is 12.3 Å². The van der Waals surface area contributed by atoms with E-state index in [4.69, 9.17) is 32.7 Å². The van der Waals surface area contributed by atoms with Crippen molar-refractivity contribution in [3.8, 4) is 11.5 Å². The van der Waals surface area contributed by atoms with E-state index in [9.17, 15) is 9.18 Å². The third kappa shape index (κ3) is 4.93. The molecule has 8 heteroatoms. The lowest BCUT2D eigenvalue weighted by molar-refractivity contribution is 0.0730. The van der Waals surface area contributed by atoms with Crippen LogP contribution in [0, 0.1) is 5.82 Å². The Balaban J connectivity index is 1.48. The van der Waals surface area contributed by atoms with Gasteiger partial charge < -0.3 is 14.8 Å². The maximum Gasteiger partial charge on any atom is 0.347 e. The Morgan fingerprint density at radius 1 is 1.00 bits per heavy atom. The number of fused-ring (bicyclic) bond motifs is 1. The van der Waals surface area contributed by atoms with Gasteiger partial charge in [0.15, 0.2) is 11.5 Å². The highest BCUT2D eigenvalue weighted by atomic mass is 35.5. The van der Waals surface area contributed by atoms with Gasteiger partial charge in [0.05, 0.1) is 21.2 Å². The molecule has 0 saturated carbocycles. The second kappa shape index (κ2) is 9.85. The molecule has 0 aliphatic carbocycles. The van der Waals surface area contributed by atoms with Crippen LogP contribution < -0.4 is 14.8 Å². The van der Waals surface area contributed by atoms with Gasteiger partial charge in [-0.2, -0.15) is 0 Å². The van der Waals surface area contributed by atoms with Crippen molar-refractivity contribution < 1.29 is 18.7 Å². The molecule has 1 N–H and O–H groups in total. The first-order valence-electron chi connectivity index (χ1n) is 9.69. The van der Waals surface area contributed by atoms with E-state index in [1.807, 2.05) is 0 Å². The van der Waals surface area contributed by atoms with E-state index < -0.39 is 5.97 Å². The Kier molecular flexibility index (Phi) is 6.73. The number of anilines is 1. The minimum Gasteiger partial charge on any atom is -0.488 e. The van der Waals surface area contributed by atoms with E-state index in [0.717, 1.165) is 0 Å². The van der Waals surface area contributed by atoms with Gasteiger partial charge in [-0.3, -0.25) is 4.98 Å². The van der Waals surface area contributed by atoms with E-state index in [2.05, 4.69) is 10.3 Å². The average Bonchev–Trinajstić information content (AvgIpc) is 2.78. The smallest absolute Gasteiger partial charge is 0.347 e. The predicted molar refractivity (Wildman–Crippen MR) is 124 cm³/mol. The first kappa shape index (κ1) is 21.9. The van der Waals surface area contributed by atoms with Crippen molar-refractivity contribution in [2.45, 2.75) is 0 Å². The fraction of sp³-hybridized carbons (Fsp3) is 0.0833. The molecule has 0 radical (unpaired) electrons. The van der Waals surface area contributed by atoms with Crippen LogP contribution in [0.15, 0.2) is 72.9 Å². The molecule has 0 atom stereocenters. The number of nitrogens with one attached hydrogen (secondary N) is 1. The summed E-state index contributed by atoms with van der Waals surface area (Å²) >= 11 is 12.3. The van der Waals surface area contributed by atoms with Gasteiger partial charge in [-0.05, 0) is 36.4 Å². The van der Waals surface area contributed by atoms with Gasteiger partial charge in [0.1, 0.15) is 18.0 Å². The molecule has 0 bridgehead atoms. The van der Waals surface area contributed by atoms with Crippen LogP contribution in [0.1, 0.15) is 10.4 Å². The van der Waals surface area contributed by atoms with Crippen LogP contribution in [0.3, 0.4) is 0 Å². The van der Waals surface area contributed by atoms with Gasteiger partial charge in [0, 0.05) is 18.1 Å². The Hall–Kier alpha value is -3.35. The lowest BCUT2D eigenvalue weighted by atomic mass is 10.1. The lowest BCUT2D eigenvalue weighted by Gasteiger charge is -2.13. The molecule has 0 saturated heterocycles. The first-order chi connectivity index (χ1) is 15.5. The fourth-order valence-corrected chi connectivity index (χ4v) is 3.50. The quantitative estimate of drug-likeness (QED) is 0.192. The lowest BCUT2D eigenvalue weighted by Crippen LogP contribution is -2.14. The average molecular weight is 471 g/mol. The first-order valence-corrected chi connectivity index (χ1v) is 10.4. The summed E-state index contributed by atoms with van der Waals surface area (Å²) in [4.78, 5) is 17.2. The highest BCUT2D eigenvalue weighted by molar-refractivity contribution is 6.35. The second-order valence-corrected chi connectivity index (χ2v) is 7.58. The van der Waals surface area contributed by atoms with E-state index in [0.29, 0.717) is 33.9 Å². The SMILES string of the molecule is O=C(Oc1ccccc1OCCNc1ccccc1F)c1c(Cl)ccc2cc(Cl)cnc12. The Bertz CT molecular complexity index is 1280. The highest BCUT2D eigenvalue weighted by Gasteiger charge is 2.20. The molecule has 3 aromatic carbocycles. The van der Waals surface area contributed by atoms with E-state index in [-0.39, 0.29) is 28.8 Å². The molecule has 162 valence electrons. The molecule has 5 nitrogen and oxygen atoms in total. The highest BCUT2D eigenvalue weighted by Crippen LogP contribution is 2.31. The zero-order valence-corrected chi connectivity index (χ0v) is 18.2. The Morgan fingerprint density at radius 3 is 2.56 bits per heavy atom. The van der Waals surface area contributed by atoms with Gasteiger partial charge in [0.2, 0.25) is 0 Å². The number of carbonyl (C=O) groups excluding carboxylic acids is 1. The third-order valence-corrected chi connectivity index (χ3v) is 5.10. The number of hydrogen-bond donors (Lipinski definition) is 1. The summed E-state index contributed by atoms with van der Waals surface area (Å²) in [7, 11) is 0. The minimum absolute atomic E-state index is 0.136. The van der Waals surface area contributed by atoms with Crippen LogP contribution in [0.5, 0.6) is 11.5 Å². The Labute approximate surface area is 193 Å². The van der Waals surface area contributed by atoms with E-state index >= 15 is 0 Å².